The molecule has 0 atom stereocenters. The van der Waals surface area contributed by atoms with E-state index in [2.05, 4.69) is 52.0 Å². The Morgan fingerprint density at radius 2 is 2.07 bits per heavy atom. The zero-order valence-corrected chi connectivity index (χ0v) is 12.0. The number of nitrogens with zero attached hydrogens (tertiary/aromatic N) is 1. The van der Waals surface area contributed by atoms with E-state index < -0.39 is 8.07 Å². The zero-order chi connectivity index (χ0) is 11.5. The van der Waals surface area contributed by atoms with E-state index in [4.69, 9.17) is 4.74 Å². The predicted molar refractivity (Wildman–Crippen MR) is 68.7 cm³/mol. The number of aromatic nitrogens is 1. The highest BCUT2D eigenvalue weighted by atomic mass is 79.9. The van der Waals surface area contributed by atoms with E-state index in [9.17, 15) is 0 Å². The molecule has 1 rings (SSSR count). The Bertz CT molecular complexity index is 415. The summed E-state index contributed by atoms with van der Waals surface area (Å²) in [6, 6.07) is 1.84. The highest BCUT2D eigenvalue weighted by Gasteiger charge is 2.08. The lowest BCUT2D eigenvalue weighted by Crippen LogP contribution is -2.16. The molecule has 0 aliphatic rings. The van der Waals surface area contributed by atoms with Gasteiger partial charge in [-0.1, -0.05) is 25.6 Å². The standard InChI is InChI=1S/C11H14BrNOSi/c1-14-11-7-9(13-8-10(11)12)5-6-15(2,3)4/h7-8H,1-4H3. The number of halogens is 1. The van der Waals surface area contributed by atoms with Crippen LogP contribution in [0.3, 0.4) is 0 Å². The minimum Gasteiger partial charge on any atom is -0.495 e. The monoisotopic (exact) mass is 283 g/mol. The van der Waals surface area contributed by atoms with Crippen LogP contribution in [0.25, 0.3) is 0 Å². The summed E-state index contributed by atoms with van der Waals surface area (Å²) in [7, 11) is 0.300. The zero-order valence-electron chi connectivity index (χ0n) is 9.39. The van der Waals surface area contributed by atoms with Crippen molar-refractivity contribution >= 4 is 24.0 Å². The van der Waals surface area contributed by atoms with Gasteiger partial charge in [-0.3, -0.25) is 0 Å². The average molecular weight is 284 g/mol. The molecular weight excluding hydrogens is 270 g/mol. The first kappa shape index (κ1) is 12.3. The van der Waals surface area contributed by atoms with Crippen LogP contribution in [-0.2, 0) is 0 Å². The normalized spacial score (nSPS) is 10.5. The van der Waals surface area contributed by atoms with Crippen LogP contribution in [0.4, 0.5) is 0 Å². The van der Waals surface area contributed by atoms with Gasteiger partial charge in [0.2, 0.25) is 0 Å². The molecule has 0 unspecified atom stereocenters. The minimum absolute atomic E-state index is 0.762. The van der Waals surface area contributed by atoms with Gasteiger partial charge in [-0.15, -0.1) is 5.54 Å². The van der Waals surface area contributed by atoms with Crippen molar-refractivity contribution in [3.63, 3.8) is 0 Å². The highest BCUT2D eigenvalue weighted by molar-refractivity contribution is 9.10. The molecule has 0 spiro atoms. The number of ether oxygens (including phenoxy) is 1. The summed E-state index contributed by atoms with van der Waals surface area (Å²) in [6.45, 7) is 6.61. The molecule has 2 nitrogen and oxygen atoms in total. The van der Waals surface area contributed by atoms with Gasteiger partial charge in [0.1, 0.15) is 19.5 Å². The molecule has 0 bridgehead atoms. The molecule has 0 saturated heterocycles. The molecule has 0 amide bonds. The van der Waals surface area contributed by atoms with Gasteiger partial charge in [0, 0.05) is 12.3 Å². The molecule has 80 valence electrons. The predicted octanol–water partition coefficient (Wildman–Crippen LogP) is 3.08. The van der Waals surface area contributed by atoms with Crippen LogP contribution in [0.15, 0.2) is 16.7 Å². The Morgan fingerprint density at radius 1 is 1.40 bits per heavy atom. The van der Waals surface area contributed by atoms with Gasteiger partial charge in [-0.25, -0.2) is 4.98 Å². The fraction of sp³-hybridized carbons (Fsp3) is 0.364. The number of methoxy groups -OCH3 is 1. The summed E-state index contributed by atoms with van der Waals surface area (Å²) in [4.78, 5) is 4.21. The second-order valence-corrected chi connectivity index (χ2v) is 9.81. The van der Waals surface area contributed by atoms with Gasteiger partial charge >= 0.3 is 0 Å². The van der Waals surface area contributed by atoms with E-state index in [0.717, 1.165) is 15.9 Å². The molecule has 15 heavy (non-hydrogen) atoms. The Hall–Kier alpha value is -0.793. The maximum atomic E-state index is 5.17. The number of rotatable bonds is 1. The molecule has 4 heteroatoms. The first-order valence-corrected chi connectivity index (χ1v) is 8.94. The van der Waals surface area contributed by atoms with Crippen molar-refractivity contribution in [3.05, 3.63) is 22.4 Å². The van der Waals surface area contributed by atoms with E-state index >= 15 is 0 Å². The van der Waals surface area contributed by atoms with Crippen LogP contribution in [-0.4, -0.2) is 20.2 Å². The van der Waals surface area contributed by atoms with Crippen molar-refractivity contribution in [2.75, 3.05) is 7.11 Å². The largest absolute Gasteiger partial charge is 0.495 e. The fourth-order valence-electron chi connectivity index (χ4n) is 0.897. The van der Waals surface area contributed by atoms with Crippen LogP contribution >= 0.6 is 15.9 Å². The second-order valence-electron chi connectivity index (χ2n) is 4.20. The summed E-state index contributed by atoms with van der Waals surface area (Å²) >= 11 is 3.35. The van der Waals surface area contributed by atoms with Crippen molar-refractivity contribution < 1.29 is 4.74 Å². The smallest absolute Gasteiger partial charge is 0.137 e. The van der Waals surface area contributed by atoms with E-state index in [1.807, 2.05) is 6.07 Å². The van der Waals surface area contributed by atoms with Crippen molar-refractivity contribution in [2.24, 2.45) is 0 Å². The first-order chi connectivity index (χ1) is 6.92. The van der Waals surface area contributed by atoms with Crippen LogP contribution in [0.2, 0.25) is 19.6 Å². The topological polar surface area (TPSA) is 22.1 Å². The molecular formula is C11H14BrNOSi. The lowest BCUT2D eigenvalue weighted by atomic mass is 10.3. The number of pyridine rings is 1. The summed E-state index contributed by atoms with van der Waals surface area (Å²) in [5, 5.41) is 0. The van der Waals surface area contributed by atoms with Gasteiger partial charge in [-0.2, -0.15) is 0 Å². The van der Waals surface area contributed by atoms with Gasteiger partial charge in [-0.05, 0) is 15.9 Å². The Labute approximate surface area is 100 Å². The Kier molecular flexibility index (Phi) is 3.94. The Morgan fingerprint density at radius 3 is 2.60 bits per heavy atom. The molecule has 0 aromatic carbocycles. The maximum Gasteiger partial charge on any atom is 0.137 e. The minimum atomic E-state index is -1.33. The Balaban J connectivity index is 3.01. The maximum absolute atomic E-state index is 5.17. The summed E-state index contributed by atoms with van der Waals surface area (Å²) in [5.74, 6) is 3.85. The molecule has 1 aromatic rings. The molecule has 0 aliphatic heterocycles. The van der Waals surface area contributed by atoms with Crippen LogP contribution in [0, 0.1) is 11.5 Å². The van der Waals surface area contributed by atoms with Crippen molar-refractivity contribution in [1.82, 2.24) is 4.98 Å². The van der Waals surface area contributed by atoms with Crippen LogP contribution < -0.4 is 4.74 Å². The van der Waals surface area contributed by atoms with Gasteiger partial charge in [0.05, 0.1) is 11.6 Å². The van der Waals surface area contributed by atoms with Gasteiger partial charge in [0.25, 0.3) is 0 Å². The molecule has 1 heterocycles. The van der Waals surface area contributed by atoms with Crippen LogP contribution in [0.1, 0.15) is 5.69 Å². The van der Waals surface area contributed by atoms with E-state index in [0.29, 0.717) is 0 Å². The van der Waals surface area contributed by atoms with Gasteiger partial charge in [0.15, 0.2) is 0 Å². The summed E-state index contributed by atoms with van der Waals surface area (Å²) in [5.41, 5.74) is 4.03. The molecule has 0 fully saturated rings. The fourth-order valence-corrected chi connectivity index (χ4v) is 1.78. The van der Waals surface area contributed by atoms with E-state index in [-0.39, 0.29) is 0 Å². The highest BCUT2D eigenvalue weighted by Crippen LogP contribution is 2.23. The lowest BCUT2D eigenvalue weighted by molar-refractivity contribution is 0.411. The molecule has 0 radical (unpaired) electrons. The van der Waals surface area contributed by atoms with E-state index in [1.165, 1.54) is 0 Å². The van der Waals surface area contributed by atoms with Crippen molar-refractivity contribution in [2.45, 2.75) is 19.6 Å². The summed E-state index contributed by atoms with van der Waals surface area (Å²) < 4.78 is 6.02. The lowest BCUT2D eigenvalue weighted by Gasteiger charge is -2.04. The third-order valence-corrected chi connectivity index (χ3v) is 3.08. The average Bonchev–Trinajstić information content (AvgIpc) is 2.15. The number of hydrogen-bond donors (Lipinski definition) is 0. The molecule has 1 aromatic heterocycles. The molecule has 0 aliphatic carbocycles. The summed E-state index contributed by atoms with van der Waals surface area (Å²) in [6.07, 6.45) is 1.72. The van der Waals surface area contributed by atoms with Crippen molar-refractivity contribution in [3.8, 4) is 17.2 Å². The molecule has 0 N–H and O–H groups in total. The molecule has 0 saturated carbocycles. The number of hydrogen-bond acceptors (Lipinski definition) is 2. The van der Waals surface area contributed by atoms with Crippen molar-refractivity contribution in [1.29, 1.82) is 0 Å². The van der Waals surface area contributed by atoms with E-state index in [1.54, 1.807) is 13.3 Å². The van der Waals surface area contributed by atoms with Gasteiger partial charge < -0.3 is 4.74 Å². The third kappa shape index (κ3) is 4.06. The third-order valence-electron chi connectivity index (χ3n) is 1.61. The second kappa shape index (κ2) is 4.82. The quantitative estimate of drug-likeness (QED) is 0.584. The SMILES string of the molecule is COc1cc(C#C[Si](C)(C)C)ncc1Br. The first-order valence-electron chi connectivity index (χ1n) is 4.65. The van der Waals surface area contributed by atoms with Crippen LogP contribution in [0.5, 0.6) is 5.75 Å².